The number of rotatable bonds is 6. The molecule has 0 N–H and O–H groups in total. The van der Waals surface area contributed by atoms with Gasteiger partial charge in [-0.05, 0) is 36.4 Å². The second kappa shape index (κ2) is 5.82. The Labute approximate surface area is 149 Å². The number of ether oxygens (including phenoxy) is 2. The number of nitrogens with zero attached hydrogens (tertiary/aromatic N) is 2. The van der Waals surface area contributed by atoms with Crippen LogP contribution >= 0.6 is 0 Å². The maximum absolute atomic E-state index is 12.7. The maximum Gasteiger partial charge on any atom is 0.330 e. The number of imidazole rings is 1. The molecule has 25 heavy (non-hydrogen) atoms. The van der Waals surface area contributed by atoms with Gasteiger partial charge in [-0.2, -0.15) is 0 Å². The normalized spacial score (nSPS) is 25.5. The lowest BCUT2D eigenvalue weighted by atomic mass is 9.71. The molecule has 2 heterocycles. The van der Waals surface area contributed by atoms with Crippen LogP contribution in [-0.4, -0.2) is 36.0 Å². The first-order valence-corrected chi connectivity index (χ1v) is 12.9. The molecule has 0 bridgehead atoms. The molecule has 0 atom stereocenters. The Bertz CT molecular complexity index is 850. The summed E-state index contributed by atoms with van der Waals surface area (Å²) >= 11 is 0. The van der Waals surface area contributed by atoms with Crippen molar-refractivity contribution in [2.45, 2.75) is 56.8 Å². The first kappa shape index (κ1) is 17.1. The van der Waals surface area contributed by atoms with Gasteiger partial charge < -0.3 is 9.47 Å². The van der Waals surface area contributed by atoms with Gasteiger partial charge in [-0.15, -0.1) is 0 Å². The summed E-state index contributed by atoms with van der Waals surface area (Å²) in [5.41, 5.74) is 3.50. The molecule has 1 aromatic carbocycles. The lowest BCUT2D eigenvalue weighted by molar-refractivity contribution is 0.0873. The van der Waals surface area contributed by atoms with E-state index in [4.69, 9.17) is 9.47 Å². The lowest BCUT2D eigenvalue weighted by Crippen LogP contribution is -2.30. The van der Waals surface area contributed by atoms with Gasteiger partial charge in [0.15, 0.2) is 0 Å². The highest BCUT2D eigenvalue weighted by molar-refractivity contribution is 6.76. The van der Waals surface area contributed by atoms with E-state index in [1.165, 1.54) is 5.56 Å². The van der Waals surface area contributed by atoms with Gasteiger partial charge in [-0.1, -0.05) is 31.8 Å². The van der Waals surface area contributed by atoms with E-state index in [0.717, 1.165) is 43.1 Å². The molecular formula is C19H28N2O3Si. The van der Waals surface area contributed by atoms with Crippen LogP contribution in [0, 0.1) is 0 Å². The fourth-order valence-corrected chi connectivity index (χ4v) is 4.65. The summed E-state index contributed by atoms with van der Waals surface area (Å²) in [6, 6.07) is 7.37. The van der Waals surface area contributed by atoms with Gasteiger partial charge in [0.1, 0.15) is 6.73 Å². The third-order valence-corrected chi connectivity index (χ3v) is 7.34. The van der Waals surface area contributed by atoms with Crippen LogP contribution in [0.1, 0.15) is 24.3 Å². The highest BCUT2D eigenvalue weighted by atomic mass is 28.3. The predicted molar refractivity (Wildman–Crippen MR) is 102 cm³/mol. The standard InChI is InChI=1S/C19H28N2O3Si/c1-20-17-15(14-10-19(11-14)12-24-19)6-5-7-16(17)21(18(20)22)13-23-8-9-25(2,3)4/h5-7,14H,8-13H2,1-4H3. The zero-order valence-corrected chi connectivity index (χ0v) is 16.7. The topological polar surface area (TPSA) is 48.7 Å². The predicted octanol–water partition coefficient (Wildman–Crippen LogP) is 3.30. The van der Waals surface area contributed by atoms with Gasteiger partial charge in [0.2, 0.25) is 0 Å². The summed E-state index contributed by atoms with van der Waals surface area (Å²) in [7, 11) is 0.754. The number of hydrogen-bond donors (Lipinski definition) is 0. The molecule has 1 saturated heterocycles. The van der Waals surface area contributed by atoms with Crippen LogP contribution in [0.5, 0.6) is 0 Å². The van der Waals surface area contributed by atoms with Gasteiger partial charge in [-0.3, -0.25) is 9.13 Å². The fourth-order valence-electron chi connectivity index (χ4n) is 3.90. The van der Waals surface area contributed by atoms with Crippen molar-refractivity contribution >= 4 is 19.1 Å². The molecule has 5 nitrogen and oxygen atoms in total. The molecule has 1 aliphatic heterocycles. The summed E-state index contributed by atoms with van der Waals surface area (Å²) in [4.78, 5) is 12.7. The fraction of sp³-hybridized carbons (Fsp3) is 0.632. The molecule has 136 valence electrons. The maximum atomic E-state index is 12.7. The van der Waals surface area contributed by atoms with Crippen molar-refractivity contribution in [1.29, 1.82) is 0 Å². The van der Waals surface area contributed by atoms with Gasteiger partial charge >= 0.3 is 5.69 Å². The minimum atomic E-state index is -1.12. The van der Waals surface area contributed by atoms with Crippen LogP contribution < -0.4 is 5.69 Å². The van der Waals surface area contributed by atoms with Crippen LogP contribution in [0.3, 0.4) is 0 Å². The number of fused-ring (bicyclic) bond motifs is 1. The monoisotopic (exact) mass is 360 g/mol. The highest BCUT2D eigenvalue weighted by Crippen LogP contribution is 2.55. The number of aromatic nitrogens is 2. The Kier molecular flexibility index (Phi) is 3.97. The molecule has 0 unspecified atom stereocenters. The molecule has 1 aliphatic carbocycles. The molecular weight excluding hydrogens is 332 g/mol. The lowest BCUT2D eigenvalue weighted by Gasteiger charge is -2.33. The summed E-state index contributed by atoms with van der Waals surface area (Å²) in [5.74, 6) is 0.500. The van der Waals surface area contributed by atoms with Crippen molar-refractivity contribution in [1.82, 2.24) is 9.13 Å². The third kappa shape index (κ3) is 3.11. The molecule has 2 aliphatic rings. The van der Waals surface area contributed by atoms with E-state index in [2.05, 4.69) is 31.8 Å². The largest absolute Gasteiger partial charge is 0.370 e. The first-order valence-electron chi connectivity index (χ1n) is 9.20. The average molecular weight is 361 g/mol. The molecule has 1 aromatic heterocycles. The first-order chi connectivity index (χ1) is 11.8. The minimum Gasteiger partial charge on any atom is -0.370 e. The van der Waals surface area contributed by atoms with E-state index < -0.39 is 8.07 Å². The number of para-hydroxylation sites is 1. The van der Waals surface area contributed by atoms with Crippen molar-refractivity contribution in [2.75, 3.05) is 13.2 Å². The van der Waals surface area contributed by atoms with Crippen molar-refractivity contribution in [3.63, 3.8) is 0 Å². The van der Waals surface area contributed by atoms with Crippen LogP contribution in [0.25, 0.3) is 11.0 Å². The smallest absolute Gasteiger partial charge is 0.330 e. The van der Waals surface area contributed by atoms with Gasteiger partial charge in [0, 0.05) is 21.7 Å². The Morgan fingerprint density at radius 3 is 2.68 bits per heavy atom. The van der Waals surface area contributed by atoms with E-state index in [1.807, 2.05) is 13.1 Å². The summed E-state index contributed by atoms with van der Waals surface area (Å²) in [6.45, 7) is 8.97. The summed E-state index contributed by atoms with van der Waals surface area (Å²) < 4.78 is 15.0. The molecule has 1 spiro atoms. The highest BCUT2D eigenvalue weighted by Gasteiger charge is 2.55. The summed E-state index contributed by atoms with van der Waals surface area (Å²) in [6.07, 6.45) is 2.16. The molecule has 1 saturated carbocycles. The zero-order valence-electron chi connectivity index (χ0n) is 15.7. The SMILES string of the molecule is Cn1c(=O)n(COCC[Si](C)(C)C)c2cccc(C3CC4(CO4)C3)c21. The van der Waals surface area contributed by atoms with Crippen LogP contribution in [-0.2, 0) is 23.3 Å². The Hall–Kier alpha value is -1.37. The van der Waals surface area contributed by atoms with E-state index in [1.54, 1.807) is 9.13 Å². The molecule has 4 rings (SSSR count). The van der Waals surface area contributed by atoms with Crippen LogP contribution in [0.15, 0.2) is 23.0 Å². The molecule has 0 radical (unpaired) electrons. The van der Waals surface area contributed by atoms with Crippen molar-refractivity contribution in [3.8, 4) is 0 Å². The molecule has 6 heteroatoms. The van der Waals surface area contributed by atoms with E-state index in [9.17, 15) is 4.79 Å². The minimum absolute atomic E-state index is 0.00663. The number of benzene rings is 1. The number of hydrogen-bond acceptors (Lipinski definition) is 3. The zero-order chi connectivity index (χ0) is 17.8. The average Bonchev–Trinajstić information content (AvgIpc) is 3.27. The molecule has 2 aromatic rings. The Morgan fingerprint density at radius 2 is 2.04 bits per heavy atom. The van der Waals surface area contributed by atoms with E-state index >= 15 is 0 Å². The second-order valence-corrected chi connectivity index (χ2v) is 14.5. The Morgan fingerprint density at radius 1 is 1.32 bits per heavy atom. The molecule has 0 amide bonds. The van der Waals surface area contributed by atoms with Crippen molar-refractivity contribution in [3.05, 3.63) is 34.2 Å². The quantitative estimate of drug-likeness (QED) is 0.451. The van der Waals surface area contributed by atoms with Gasteiger partial charge in [-0.25, -0.2) is 4.79 Å². The summed E-state index contributed by atoms with van der Waals surface area (Å²) in [5, 5.41) is 0. The number of epoxide rings is 1. The van der Waals surface area contributed by atoms with Crippen molar-refractivity contribution < 1.29 is 9.47 Å². The van der Waals surface area contributed by atoms with Crippen LogP contribution in [0.4, 0.5) is 0 Å². The second-order valence-electron chi connectivity index (χ2n) is 8.91. The van der Waals surface area contributed by atoms with Gasteiger partial charge in [0.25, 0.3) is 0 Å². The van der Waals surface area contributed by atoms with E-state index in [-0.39, 0.29) is 11.3 Å². The molecule has 2 fully saturated rings. The third-order valence-electron chi connectivity index (χ3n) is 5.64. The van der Waals surface area contributed by atoms with Gasteiger partial charge in [0.05, 0.1) is 23.2 Å². The number of aryl methyl sites for hydroxylation is 1. The Balaban J connectivity index is 1.58. The van der Waals surface area contributed by atoms with Crippen LogP contribution in [0.2, 0.25) is 25.7 Å². The van der Waals surface area contributed by atoms with E-state index in [0.29, 0.717) is 12.6 Å². The van der Waals surface area contributed by atoms with Crippen molar-refractivity contribution in [2.24, 2.45) is 7.05 Å².